The first-order valence-corrected chi connectivity index (χ1v) is 13.0. The van der Waals surface area contributed by atoms with Crippen LogP contribution in [-0.4, -0.2) is 67.9 Å². The van der Waals surface area contributed by atoms with E-state index in [1.807, 2.05) is 18.2 Å². The average Bonchev–Trinajstić information content (AvgIpc) is 3.45. The van der Waals surface area contributed by atoms with Gasteiger partial charge in [0, 0.05) is 37.0 Å². The number of aromatic nitrogens is 1. The van der Waals surface area contributed by atoms with Crippen LogP contribution >= 0.6 is 11.3 Å². The fourth-order valence-electron chi connectivity index (χ4n) is 4.23. The molecule has 0 bridgehead atoms. The van der Waals surface area contributed by atoms with Gasteiger partial charge in [-0.1, -0.05) is 30.3 Å². The third-order valence-electron chi connectivity index (χ3n) is 5.87. The van der Waals surface area contributed by atoms with E-state index in [9.17, 15) is 8.42 Å². The molecule has 0 aliphatic carbocycles. The number of nitrogens with zero attached hydrogens (tertiary/aromatic N) is 2. The van der Waals surface area contributed by atoms with Gasteiger partial charge in [-0.25, -0.2) is 17.7 Å². The van der Waals surface area contributed by atoms with E-state index in [4.69, 9.17) is 19.6 Å². The van der Waals surface area contributed by atoms with Crippen LogP contribution in [0.4, 0.5) is 5.13 Å². The number of hydrogen-bond acceptors (Lipinski definition) is 7. The average molecular weight is 468 g/mol. The summed E-state index contributed by atoms with van der Waals surface area (Å²) < 4.78 is 31.2. The SMILES string of the molecule is CS(=O)(=O)N1CCC(c2ccccc2)(c2csc(NCC3CCCO3)n2)CC1.O=CO. The molecular formula is C21H29N3O5S2. The smallest absolute Gasteiger partial charge is 0.290 e. The largest absolute Gasteiger partial charge is 0.483 e. The Balaban J connectivity index is 0.000000858. The van der Waals surface area contributed by atoms with Crippen LogP contribution in [0.5, 0.6) is 0 Å². The van der Waals surface area contributed by atoms with E-state index in [1.54, 1.807) is 15.6 Å². The van der Waals surface area contributed by atoms with Gasteiger partial charge in [0.2, 0.25) is 10.0 Å². The number of piperidine rings is 1. The molecule has 0 saturated carbocycles. The highest BCUT2D eigenvalue weighted by Gasteiger charge is 2.41. The van der Waals surface area contributed by atoms with Crippen LogP contribution in [0.25, 0.3) is 0 Å². The van der Waals surface area contributed by atoms with E-state index in [-0.39, 0.29) is 18.0 Å². The Morgan fingerprint density at radius 1 is 1.32 bits per heavy atom. The van der Waals surface area contributed by atoms with Gasteiger partial charge in [-0.15, -0.1) is 11.3 Å². The van der Waals surface area contributed by atoms with E-state index in [0.717, 1.165) is 49.7 Å². The van der Waals surface area contributed by atoms with Crippen molar-refractivity contribution in [3.63, 3.8) is 0 Å². The molecule has 1 unspecified atom stereocenters. The first kappa shape index (κ1) is 23.6. The molecule has 3 heterocycles. The Hall–Kier alpha value is -2.01. The Bertz CT molecular complexity index is 935. The summed E-state index contributed by atoms with van der Waals surface area (Å²) in [5, 5.41) is 13.3. The zero-order valence-electron chi connectivity index (χ0n) is 17.6. The fraction of sp³-hybridized carbons (Fsp3) is 0.524. The van der Waals surface area contributed by atoms with Crippen molar-refractivity contribution in [1.82, 2.24) is 9.29 Å². The lowest BCUT2D eigenvalue weighted by Gasteiger charge is -2.40. The molecule has 2 saturated heterocycles. The summed E-state index contributed by atoms with van der Waals surface area (Å²) in [4.78, 5) is 13.3. The van der Waals surface area contributed by atoms with Crippen LogP contribution in [0.1, 0.15) is 36.9 Å². The van der Waals surface area contributed by atoms with Crippen molar-refractivity contribution in [2.45, 2.75) is 37.2 Å². The minimum absolute atomic E-state index is 0.247. The summed E-state index contributed by atoms with van der Waals surface area (Å²) in [5.41, 5.74) is 1.99. The zero-order chi connectivity index (χ0) is 22.3. The monoisotopic (exact) mass is 467 g/mol. The highest BCUT2D eigenvalue weighted by Crippen LogP contribution is 2.43. The number of sulfonamides is 1. The second-order valence-corrected chi connectivity index (χ2v) is 10.6. The van der Waals surface area contributed by atoms with Crippen LogP contribution in [0, 0.1) is 0 Å². The van der Waals surface area contributed by atoms with Gasteiger partial charge >= 0.3 is 0 Å². The molecule has 31 heavy (non-hydrogen) atoms. The first-order valence-electron chi connectivity index (χ1n) is 10.3. The van der Waals surface area contributed by atoms with E-state index in [0.29, 0.717) is 13.1 Å². The van der Waals surface area contributed by atoms with Gasteiger partial charge in [-0.05, 0) is 31.2 Å². The van der Waals surface area contributed by atoms with Crippen molar-refractivity contribution >= 4 is 33.0 Å². The number of rotatable bonds is 6. The van der Waals surface area contributed by atoms with Crippen molar-refractivity contribution in [3.8, 4) is 0 Å². The number of carbonyl (C=O) groups is 1. The van der Waals surface area contributed by atoms with Crippen LogP contribution in [0.15, 0.2) is 35.7 Å². The van der Waals surface area contributed by atoms with Gasteiger partial charge in [0.1, 0.15) is 0 Å². The second-order valence-electron chi connectivity index (χ2n) is 7.77. The Morgan fingerprint density at radius 2 is 2.00 bits per heavy atom. The lowest BCUT2D eigenvalue weighted by Crippen LogP contribution is -2.45. The molecule has 2 N–H and O–H groups in total. The summed E-state index contributed by atoms with van der Waals surface area (Å²) in [7, 11) is -3.16. The van der Waals surface area contributed by atoms with Crippen molar-refractivity contribution in [3.05, 3.63) is 47.0 Å². The van der Waals surface area contributed by atoms with Gasteiger partial charge < -0.3 is 15.2 Å². The normalized spacial score (nSPS) is 21.1. The quantitative estimate of drug-likeness (QED) is 0.629. The molecule has 2 aliphatic heterocycles. The molecule has 2 aromatic rings. The number of carboxylic acid groups (broad SMARTS) is 1. The van der Waals surface area contributed by atoms with Crippen molar-refractivity contribution in [2.75, 3.05) is 37.8 Å². The van der Waals surface area contributed by atoms with Crippen LogP contribution < -0.4 is 5.32 Å². The lowest BCUT2D eigenvalue weighted by atomic mass is 9.71. The lowest BCUT2D eigenvalue weighted by molar-refractivity contribution is -0.122. The van der Waals surface area contributed by atoms with Crippen LogP contribution in [0.2, 0.25) is 0 Å². The van der Waals surface area contributed by atoms with Gasteiger partial charge in [0.05, 0.1) is 18.1 Å². The maximum absolute atomic E-state index is 12.0. The van der Waals surface area contributed by atoms with E-state index in [1.165, 1.54) is 11.8 Å². The number of anilines is 1. The maximum Gasteiger partial charge on any atom is 0.290 e. The minimum atomic E-state index is -3.16. The molecule has 0 amide bonds. The number of thiazole rings is 1. The van der Waals surface area contributed by atoms with Gasteiger partial charge in [0.15, 0.2) is 5.13 Å². The summed E-state index contributed by atoms with van der Waals surface area (Å²) in [6.07, 6.45) is 5.26. The molecule has 1 aromatic heterocycles. The van der Waals surface area contributed by atoms with Gasteiger partial charge in [0.25, 0.3) is 6.47 Å². The summed E-state index contributed by atoms with van der Waals surface area (Å²) in [5.74, 6) is 0. The molecule has 1 atom stereocenters. The van der Waals surface area contributed by atoms with Crippen LogP contribution in [0.3, 0.4) is 0 Å². The predicted octanol–water partition coefficient (Wildman–Crippen LogP) is 2.78. The summed E-state index contributed by atoms with van der Waals surface area (Å²) in [6.45, 7) is 2.42. The number of nitrogens with one attached hydrogen (secondary N) is 1. The Labute approximate surface area is 187 Å². The molecule has 2 fully saturated rings. The molecule has 170 valence electrons. The molecule has 1 aromatic carbocycles. The van der Waals surface area contributed by atoms with E-state index < -0.39 is 10.0 Å². The van der Waals surface area contributed by atoms with Gasteiger partial charge in [-0.3, -0.25) is 4.79 Å². The van der Waals surface area contributed by atoms with Crippen LogP contribution in [-0.2, 0) is 25.0 Å². The van der Waals surface area contributed by atoms with Crippen molar-refractivity contribution in [1.29, 1.82) is 0 Å². The molecular weight excluding hydrogens is 438 g/mol. The molecule has 4 rings (SSSR count). The topological polar surface area (TPSA) is 109 Å². The van der Waals surface area contributed by atoms with E-state index >= 15 is 0 Å². The Kier molecular flexibility index (Phi) is 8.04. The maximum atomic E-state index is 12.0. The standard InChI is InChI=1S/C20H27N3O3S2.CH2O2/c1-28(24,25)23-11-9-20(10-12-23,16-6-3-2-4-7-16)18-15-27-19(22-18)21-14-17-8-5-13-26-17;2-1-3/h2-4,6-7,15,17H,5,8-14H2,1H3,(H,21,22);1H,(H,2,3). The molecule has 10 heteroatoms. The molecule has 0 spiro atoms. The third-order valence-corrected chi connectivity index (χ3v) is 7.97. The second kappa shape index (κ2) is 10.5. The van der Waals surface area contributed by atoms with Gasteiger partial charge in [-0.2, -0.15) is 0 Å². The highest BCUT2D eigenvalue weighted by atomic mass is 32.2. The summed E-state index contributed by atoms with van der Waals surface area (Å²) in [6, 6.07) is 10.4. The van der Waals surface area contributed by atoms with Crippen molar-refractivity contribution in [2.24, 2.45) is 0 Å². The highest BCUT2D eigenvalue weighted by molar-refractivity contribution is 7.88. The number of hydrogen-bond donors (Lipinski definition) is 2. The number of ether oxygens (including phenoxy) is 1. The van der Waals surface area contributed by atoms with E-state index in [2.05, 4.69) is 22.8 Å². The number of benzene rings is 1. The minimum Gasteiger partial charge on any atom is -0.483 e. The Morgan fingerprint density at radius 3 is 2.58 bits per heavy atom. The fourth-order valence-corrected chi connectivity index (χ4v) is 5.90. The predicted molar refractivity (Wildman–Crippen MR) is 121 cm³/mol. The molecule has 0 radical (unpaired) electrons. The molecule has 8 nitrogen and oxygen atoms in total. The first-order chi connectivity index (χ1) is 14.9. The zero-order valence-corrected chi connectivity index (χ0v) is 19.2. The summed E-state index contributed by atoms with van der Waals surface area (Å²) >= 11 is 1.62. The molecule has 2 aliphatic rings. The third kappa shape index (κ3) is 5.82. The van der Waals surface area contributed by atoms with Crippen molar-refractivity contribution < 1.29 is 23.1 Å².